The fraction of sp³-hybridized carbons (Fsp3) is 0.400. The number of hydrogen-bond acceptors (Lipinski definition) is 4. The topological polar surface area (TPSA) is 57.4 Å². The molecule has 19 heavy (non-hydrogen) atoms. The van der Waals surface area contributed by atoms with Crippen LogP contribution in [0.2, 0.25) is 0 Å². The molecular formula is C15H18N2O2. The standard InChI is InChI=1S/C15H18N2O2/c1-18-7-5-10-3-2-4-11-14(16)12-9-19-8-6-13(12)17-15(10)11/h2-4H,5-9H2,1H3,(H2,16,17). The van der Waals surface area contributed by atoms with Gasteiger partial charge in [-0.25, -0.2) is 0 Å². The molecule has 1 aromatic carbocycles. The van der Waals surface area contributed by atoms with Crippen molar-refractivity contribution >= 4 is 16.6 Å². The van der Waals surface area contributed by atoms with Crippen molar-refractivity contribution in [1.29, 1.82) is 0 Å². The fourth-order valence-corrected chi connectivity index (χ4v) is 2.59. The Balaban J connectivity index is 2.17. The van der Waals surface area contributed by atoms with Gasteiger partial charge in [0.1, 0.15) is 0 Å². The molecule has 0 atom stereocenters. The second kappa shape index (κ2) is 5.15. The second-order valence-electron chi connectivity index (χ2n) is 4.81. The highest BCUT2D eigenvalue weighted by Gasteiger charge is 2.17. The summed E-state index contributed by atoms with van der Waals surface area (Å²) in [4.78, 5) is 4.81. The summed E-state index contributed by atoms with van der Waals surface area (Å²) in [7, 11) is 1.71. The van der Waals surface area contributed by atoms with Crippen LogP contribution in [-0.2, 0) is 28.9 Å². The first kappa shape index (κ1) is 12.4. The maximum Gasteiger partial charge on any atom is 0.0759 e. The van der Waals surface area contributed by atoms with E-state index in [-0.39, 0.29) is 0 Å². The molecule has 2 N–H and O–H groups in total. The van der Waals surface area contributed by atoms with E-state index in [0.717, 1.165) is 47.3 Å². The van der Waals surface area contributed by atoms with Crippen molar-refractivity contribution in [1.82, 2.24) is 4.98 Å². The summed E-state index contributed by atoms with van der Waals surface area (Å²) in [6.45, 7) is 2.00. The third-order valence-corrected chi connectivity index (χ3v) is 3.64. The largest absolute Gasteiger partial charge is 0.398 e. The molecule has 0 aliphatic carbocycles. The highest BCUT2D eigenvalue weighted by Crippen LogP contribution is 2.30. The van der Waals surface area contributed by atoms with Gasteiger partial charge >= 0.3 is 0 Å². The molecule has 0 fully saturated rings. The zero-order valence-corrected chi connectivity index (χ0v) is 11.1. The lowest BCUT2D eigenvalue weighted by Crippen LogP contribution is -2.15. The van der Waals surface area contributed by atoms with E-state index in [0.29, 0.717) is 13.2 Å². The molecule has 1 aromatic heterocycles. The van der Waals surface area contributed by atoms with Crippen molar-refractivity contribution in [3.63, 3.8) is 0 Å². The normalized spacial score (nSPS) is 14.6. The second-order valence-corrected chi connectivity index (χ2v) is 4.81. The number of nitrogens with zero attached hydrogens (tertiary/aromatic N) is 1. The van der Waals surface area contributed by atoms with E-state index in [1.165, 1.54) is 5.56 Å². The summed E-state index contributed by atoms with van der Waals surface area (Å²) in [6, 6.07) is 6.16. The van der Waals surface area contributed by atoms with Crippen LogP contribution in [-0.4, -0.2) is 25.3 Å². The lowest BCUT2D eigenvalue weighted by atomic mass is 10.00. The van der Waals surface area contributed by atoms with Crippen LogP contribution in [0.4, 0.5) is 5.69 Å². The van der Waals surface area contributed by atoms with E-state index in [1.807, 2.05) is 12.1 Å². The van der Waals surface area contributed by atoms with Gasteiger partial charge in [0.25, 0.3) is 0 Å². The van der Waals surface area contributed by atoms with Crippen molar-refractivity contribution < 1.29 is 9.47 Å². The maximum atomic E-state index is 6.29. The third-order valence-electron chi connectivity index (χ3n) is 3.64. The minimum absolute atomic E-state index is 0.576. The first-order valence-electron chi connectivity index (χ1n) is 6.56. The number of fused-ring (bicyclic) bond motifs is 2. The Bertz CT molecular complexity index is 611. The van der Waals surface area contributed by atoms with E-state index in [2.05, 4.69) is 6.07 Å². The monoisotopic (exact) mass is 258 g/mol. The van der Waals surface area contributed by atoms with Gasteiger partial charge in [-0.1, -0.05) is 18.2 Å². The molecule has 0 spiro atoms. The summed E-state index contributed by atoms with van der Waals surface area (Å²) >= 11 is 0. The number of anilines is 1. The summed E-state index contributed by atoms with van der Waals surface area (Å²) in [5, 5.41) is 1.03. The molecule has 0 saturated heterocycles. The van der Waals surface area contributed by atoms with E-state index >= 15 is 0 Å². The van der Waals surface area contributed by atoms with Crippen LogP contribution >= 0.6 is 0 Å². The lowest BCUT2D eigenvalue weighted by molar-refractivity contribution is 0.110. The Hall–Kier alpha value is -1.65. The molecule has 1 aliphatic rings. The SMILES string of the molecule is COCCc1cccc2c(N)c3c(nc12)CCOC3. The van der Waals surface area contributed by atoms with Crippen LogP contribution in [0, 0.1) is 0 Å². The average Bonchev–Trinajstić information content (AvgIpc) is 2.46. The van der Waals surface area contributed by atoms with Gasteiger partial charge in [-0.15, -0.1) is 0 Å². The smallest absolute Gasteiger partial charge is 0.0759 e. The lowest BCUT2D eigenvalue weighted by Gasteiger charge is -2.20. The number of para-hydroxylation sites is 1. The third kappa shape index (κ3) is 2.17. The Morgan fingerprint density at radius 2 is 2.32 bits per heavy atom. The molecule has 0 bridgehead atoms. The van der Waals surface area contributed by atoms with Gasteiger partial charge < -0.3 is 15.2 Å². The number of rotatable bonds is 3. The number of aromatic nitrogens is 1. The van der Waals surface area contributed by atoms with Crippen LogP contribution in [0.25, 0.3) is 10.9 Å². The number of hydrogen-bond donors (Lipinski definition) is 1. The van der Waals surface area contributed by atoms with Crippen molar-refractivity contribution in [3.05, 3.63) is 35.0 Å². The van der Waals surface area contributed by atoms with Crippen molar-refractivity contribution in [3.8, 4) is 0 Å². The van der Waals surface area contributed by atoms with Crippen molar-refractivity contribution in [2.75, 3.05) is 26.1 Å². The minimum Gasteiger partial charge on any atom is -0.398 e. The minimum atomic E-state index is 0.576. The number of nitrogen functional groups attached to an aromatic ring is 1. The predicted octanol–water partition coefficient (Wildman–Crippen LogP) is 2.08. The Morgan fingerprint density at radius 1 is 1.42 bits per heavy atom. The molecule has 4 heteroatoms. The van der Waals surface area contributed by atoms with Gasteiger partial charge in [-0.2, -0.15) is 0 Å². The van der Waals surface area contributed by atoms with Crippen LogP contribution in [0.1, 0.15) is 16.8 Å². The zero-order valence-electron chi connectivity index (χ0n) is 11.1. The highest BCUT2D eigenvalue weighted by atomic mass is 16.5. The van der Waals surface area contributed by atoms with Gasteiger partial charge in [0.2, 0.25) is 0 Å². The quantitative estimate of drug-likeness (QED) is 0.915. The molecule has 0 amide bonds. The summed E-state index contributed by atoms with van der Waals surface area (Å²) < 4.78 is 10.6. The molecule has 3 rings (SSSR count). The molecule has 0 radical (unpaired) electrons. The van der Waals surface area contributed by atoms with Crippen LogP contribution in [0.15, 0.2) is 18.2 Å². The van der Waals surface area contributed by atoms with Crippen LogP contribution < -0.4 is 5.73 Å². The number of ether oxygens (including phenoxy) is 2. The van der Waals surface area contributed by atoms with Gasteiger partial charge in [-0.05, 0) is 12.0 Å². The van der Waals surface area contributed by atoms with Crippen molar-refractivity contribution in [2.24, 2.45) is 0 Å². The van der Waals surface area contributed by atoms with E-state index in [4.69, 9.17) is 20.2 Å². The molecular weight excluding hydrogens is 240 g/mol. The molecule has 4 nitrogen and oxygen atoms in total. The van der Waals surface area contributed by atoms with Gasteiger partial charge in [0, 0.05) is 30.2 Å². The molecule has 0 saturated carbocycles. The molecule has 0 unspecified atom stereocenters. The first-order valence-corrected chi connectivity index (χ1v) is 6.56. The first-order chi connectivity index (χ1) is 9.31. The molecule has 2 aromatic rings. The van der Waals surface area contributed by atoms with Gasteiger partial charge in [0.15, 0.2) is 0 Å². The number of methoxy groups -OCH3 is 1. The summed E-state index contributed by atoms with van der Waals surface area (Å²) in [5.74, 6) is 0. The predicted molar refractivity (Wildman–Crippen MR) is 75.1 cm³/mol. The van der Waals surface area contributed by atoms with E-state index in [1.54, 1.807) is 7.11 Å². The summed E-state index contributed by atoms with van der Waals surface area (Å²) in [5.41, 5.74) is 11.5. The van der Waals surface area contributed by atoms with Crippen LogP contribution in [0.3, 0.4) is 0 Å². The fourth-order valence-electron chi connectivity index (χ4n) is 2.59. The number of pyridine rings is 1. The maximum absolute atomic E-state index is 6.29. The Labute approximate surface area is 112 Å². The van der Waals surface area contributed by atoms with Crippen LogP contribution in [0.5, 0.6) is 0 Å². The molecule has 2 heterocycles. The average molecular weight is 258 g/mol. The summed E-state index contributed by atoms with van der Waals surface area (Å²) in [6.07, 6.45) is 1.70. The van der Waals surface area contributed by atoms with Crippen molar-refractivity contribution in [2.45, 2.75) is 19.4 Å². The Morgan fingerprint density at radius 3 is 3.16 bits per heavy atom. The number of benzene rings is 1. The zero-order chi connectivity index (χ0) is 13.2. The molecule has 100 valence electrons. The van der Waals surface area contributed by atoms with Gasteiger partial charge in [0.05, 0.1) is 31.0 Å². The molecule has 1 aliphatic heterocycles. The van der Waals surface area contributed by atoms with E-state index < -0.39 is 0 Å². The van der Waals surface area contributed by atoms with Gasteiger partial charge in [-0.3, -0.25) is 4.98 Å². The van der Waals surface area contributed by atoms with E-state index in [9.17, 15) is 0 Å². The highest BCUT2D eigenvalue weighted by molar-refractivity contribution is 5.94. The number of nitrogens with two attached hydrogens (primary N) is 1. The Kier molecular flexibility index (Phi) is 3.36.